The number of benzene rings is 2. The van der Waals surface area contributed by atoms with E-state index < -0.39 is 5.60 Å². The van der Waals surface area contributed by atoms with Gasteiger partial charge < -0.3 is 14.2 Å². The second-order valence-corrected chi connectivity index (χ2v) is 6.87. The summed E-state index contributed by atoms with van der Waals surface area (Å²) in [6, 6.07) is 11.4. The number of ether oxygens (including phenoxy) is 3. The molecule has 4 nitrogen and oxygen atoms in total. The maximum Gasteiger partial charge on any atom is 0.166 e. The van der Waals surface area contributed by atoms with Crippen LogP contribution in [-0.4, -0.2) is 25.6 Å². The van der Waals surface area contributed by atoms with Gasteiger partial charge in [0.25, 0.3) is 0 Å². The topological polar surface area (TPSA) is 44.8 Å². The number of hydrogen-bond acceptors (Lipinski definition) is 4. The van der Waals surface area contributed by atoms with Crippen LogP contribution in [0.15, 0.2) is 42.5 Å². The molecule has 4 heteroatoms. The molecular weight excluding hydrogens is 328 g/mol. The van der Waals surface area contributed by atoms with Gasteiger partial charge in [0, 0.05) is 6.42 Å². The normalized spacial score (nSPS) is 14.3. The Morgan fingerprint density at radius 1 is 1.04 bits per heavy atom. The fraction of sp³-hybridized carbons (Fsp3) is 0.318. The third kappa shape index (κ3) is 3.74. The highest BCUT2D eigenvalue weighted by molar-refractivity contribution is 6.00. The molecule has 0 N–H and O–H groups in total. The van der Waals surface area contributed by atoms with E-state index in [0.29, 0.717) is 29.9 Å². The molecule has 136 valence electrons. The van der Waals surface area contributed by atoms with Crippen LogP contribution in [0.2, 0.25) is 0 Å². The van der Waals surface area contributed by atoms with Gasteiger partial charge in [0.1, 0.15) is 22.8 Å². The van der Waals surface area contributed by atoms with Crippen molar-refractivity contribution >= 4 is 11.9 Å². The fourth-order valence-corrected chi connectivity index (χ4v) is 3.01. The van der Waals surface area contributed by atoms with Crippen LogP contribution >= 0.6 is 0 Å². The Kier molecular flexibility index (Phi) is 5.03. The van der Waals surface area contributed by atoms with E-state index in [1.54, 1.807) is 20.3 Å². The van der Waals surface area contributed by atoms with Gasteiger partial charge in [-0.1, -0.05) is 12.1 Å². The van der Waals surface area contributed by atoms with Gasteiger partial charge in [-0.3, -0.25) is 4.79 Å². The summed E-state index contributed by atoms with van der Waals surface area (Å²) in [4.78, 5) is 12.9. The van der Waals surface area contributed by atoms with Gasteiger partial charge >= 0.3 is 0 Å². The lowest BCUT2D eigenvalue weighted by molar-refractivity contribution is 0.0969. The Bertz CT molecular complexity index is 832. The van der Waals surface area contributed by atoms with Gasteiger partial charge in [-0.05, 0) is 62.2 Å². The molecule has 1 aliphatic heterocycles. The molecule has 0 fully saturated rings. The van der Waals surface area contributed by atoms with Gasteiger partial charge in [-0.2, -0.15) is 0 Å². The molecule has 0 bridgehead atoms. The van der Waals surface area contributed by atoms with E-state index in [9.17, 15) is 4.79 Å². The quantitative estimate of drug-likeness (QED) is 0.707. The minimum Gasteiger partial charge on any atom is -0.497 e. The summed E-state index contributed by atoms with van der Waals surface area (Å²) in [6.07, 6.45) is 5.03. The van der Waals surface area contributed by atoms with Crippen molar-refractivity contribution in [3.63, 3.8) is 0 Å². The maximum absolute atomic E-state index is 12.9. The van der Waals surface area contributed by atoms with Crippen molar-refractivity contribution in [3.8, 4) is 17.2 Å². The minimum atomic E-state index is -0.454. The summed E-state index contributed by atoms with van der Waals surface area (Å²) in [7, 11) is 3.26. The van der Waals surface area contributed by atoms with Crippen molar-refractivity contribution in [2.75, 3.05) is 14.2 Å². The highest BCUT2D eigenvalue weighted by Crippen LogP contribution is 2.40. The number of carbonyl (C=O) groups is 1. The van der Waals surface area contributed by atoms with Crippen LogP contribution < -0.4 is 14.2 Å². The van der Waals surface area contributed by atoms with Crippen LogP contribution in [0.1, 0.15) is 41.8 Å². The number of carbonyl (C=O) groups excluding carboxylic acids is 1. The Balaban J connectivity index is 1.82. The lowest BCUT2D eigenvalue weighted by Gasteiger charge is -2.30. The molecule has 1 aliphatic rings. The third-order valence-electron chi connectivity index (χ3n) is 4.49. The molecule has 0 aliphatic carbocycles. The van der Waals surface area contributed by atoms with E-state index in [1.807, 2.05) is 56.3 Å². The van der Waals surface area contributed by atoms with Crippen LogP contribution in [0.25, 0.3) is 6.08 Å². The summed E-state index contributed by atoms with van der Waals surface area (Å²) in [6.45, 7) is 3.94. The van der Waals surface area contributed by atoms with E-state index >= 15 is 0 Å². The average Bonchev–Trinajstić information content (AvgIpc) is 2.64. The summed E-state index contributed by atoms with van der Waals surface area (Å²) >= 11 is 0. The van der Waals surface area contributed by atoms with Crippen LogP contribution in [0.4, 0.5) is 0 Å². The maximum atomic E-state index is 12.9. The van der Waals surface area contributed by atoms with Gasteiger partial charge in [-0.15, -0.1) is 0 Å². The number of methoxy groups -OCH3 is 2. The summed E-state index contributed by atoms with van der Waals surface area (Å²) < 4.78 is 16.7. The van der Waals surface area contributed by atoms with E-state index in [1.165, 1.54) is 0 Å². The molecule has 0 radical (unpaired) electrons. The first kappa shape index (κ1) is 18.1. The molecule has 3 rings (SSSR count). The van der Waals surface area contributed by atoms with Crippen molar-refractivity contribution in [1.82, 2.24) is 0 Å². The second-order valence-electron chi connectivity index (χ2n) is 6.87. The van der Waals surface area contributed by atoms with Crippen molar-refractivity contribution in [1.29, 1.82) is 0 Å². The van der Waals surface area contributed by atoms with E-state index in [0.717, 1.165) is 16.9 Å². The summed E-state index contributed by atoms with van der Waals surface area (Å²) in [5.41, 5.74) is 2.07. The predicted molar refractivity (Wildman–Crippen MR) is 102 cm³/mol. The fourth-order valence-electron chi connectivity index (χ4n) is 3.01. The monoisotopic (exact) mass is 352 g/mol. The first-order valence-electron chi connectivity index (χ1n) is 8.69. The van der Waals surface area contributed by atoms with Crippen molar-refractivity contribution in [2.24, 2.45) is 0 Å². The number of hydrogen-bond donors (Lipinski definition) is 0. The van der Waals surface area contributed by atoms with Gasteiger partial charge in [0.15, 0.2) is 5.78 Å². The van der Waals surface area contributed by atoms with Gasteiger partial charge in [0.05, 0.1) is 25.3 Å². The first-order chi connectivity index (χ1) is 12.4. The molecule has 0 spiro atoms. The zero-order chi connectivity index (χ0) is 18.7. The number of aryl methyl sites for hydroxylation is 1. The standard InChI is InChI=1S/C22H24O4/c1-22(2)14-13-18-20(25-4)12-10-17(21(18)26-22)19(23)11-7-15-5-8-16(24-3)9-6-15/h5-6,8-10,12-14H,7,11H2,1-4H3. The molecule has 0 atom stereocenters. The Morgan fingerprint density at radius 3 is 2.42 bits per heavy atom. The largest absolute Gasteiger partial charge is 0.497 e. The van der Waals surface area contributed by atoms with Crippen molar-refractivity contribution in [3.05, 3.63) is 59.2 Å². The number of rotatable bonds is 6. The van der Waals surface area contributed by atoms with E-state index in [2.05, 4.69) is 0 Å². The minimum absolute atomic E-state index is 0.0609. The van der Waals surface area contributed by atoms with Crippen molar-refractivity contribution < 1.29 is 19.0 Å². The molecule has 0 saturated carbocycles. The second kappa shape index (κ2) is 7.24. The van der Waals surface area contributed by atoms with Crippen LogP contribution in [0, 0.1) is 0 Å². The van der Waals surface area contributed by atoms with Gasteiger partial charge in [0.2, 0.25) is 0 Å². The zero-order valence-electron chi connectivity index (χ0n) is 15.7. The lowest BCUT2D eigenvalue weighted by Crippen LogP contribution is -2.28. The smallest absolute Gasteiger partial charge is 0.166 e. The van der Waals surface area contributed by atoms with Gasteiger partial charge in [-0.25, -0.2) is 0 Å². The highest BCUT2D eigenvalue weighted by Gasteiger charge is 2.28. The summed E-state index contributed by atoms with van der Waals surface area (Å²) in [5.74, 6) is 2.19. The van der Waals surface area contributed by atoms with Crippen LogP contribution in [-0.2, 0) is 6.42 Å². The highest BCUT2D eigenvalue weighted by atomic mass is 16.5. The lowest BCUT2D eigenvalue weighted by atomic mass is 9.95. The molecule has 2 aromatic carbocycles. The number of Topliss-reactive ketones (excluding diaryl/α,β-unsaturated/α-hetero) is 1. The third-order valence-corrected chi connectivity index (χ3v) is 4.49. The molecule has 0 amide bonds. The molecule has 2 aromatic rings. The Labute approximate surface area is 154 Å². The molecule has 0 aromatic heterocycles. The Hall–Kier alpha value is -2.75. The number of fused-ring (bicyclic) bond motifs is 1. The SMILES string of the molecule is COc1ccc(CCC(=O)c2ccc(OC)c3c2OC(C)(C)C=C3)cc1. The summed E-state index contributed by atoms with van der Waals surface area (Å²) in [5, 5.41) is 0. The zero-order valence-corrected chi connectivity index (χ0v) is 15.7. The Morgan fingerprint density at radius 2 is 1.77 bits per heavy atom. The molecule has 26 heavy (non-hydrogen) atoms. The molecule has 1 heterocycles. The first-order valence-corrected chi connectivity index (χ1v) is 8.69. The molecule has 0 unspecified atom stereocenters. The van der Waals surface area contributed by atoms with Crippen LogP contribution in [0.5, 0.6) is 17.2 Å². The van der Waals surface area contributed by atoms with E-state index in [-0.39, 0.29) is 5.78 Å². The predicted octanol–water partition coefficient (Wildman–Crippen LogP) is 4.70. The number of ketones is 1. The molecule has 0 saturated heterocycles. The van der Waals surface area contributed by atoms with Crippen molar-refractivity contribution in [2.45, 2.75) is 32.3 Å². The van der Waals surface area contributed by atoms with Crippen LogP contribution in [0.3, 0.4) is 0 Å². The molecular formula is C22H24O4. The van der Waals surface area contributed by atoms with E-state index in [4.69, 9.17) is 14.2 Å². The average molecular weight is 352 g/mol.